The van der Waals surface area contributed by atoms with Crippen LogP contribution < -0.4 is 5.32 Å². The molecule has 0 saturated heterocycles. The second kappa shape index (κ2) is 7.74. The molecule has 7 nitrogen and oxygen atoms in total. The lowest BCUT2D eigenvalue weighted by Crippen LogP contribution is -2.30. The molecule has 0 aromatic carbocycles. The van der Waals surface area contributed by atoms with Crippen LogP contribution >= 0.6 is 11.3 Å². The smallest absolute Gasteiger partial charge is 0.267 e. The Morgan fingerprint density at radius 1 is 1.23 bits per heavy atom. The number of hydrogen-bond donors (Lipinski definition) is 1. The van der Waals surface area contributed by atoms with Crippen molar-refractivity contribution >= 4 is 17.2 Å². The second-order valence-corrected chi connectivity index (χ2v) is 7.39. The molecular weight excluding hydrogens is 350 g/mol. The molecule has 26 heavy (non-hydrogen) atoms. The van der Waals surface area contributed by atoms with Crippen LogP contribution in [-0.4, -0.2) is 32.6 Å². The van der Waals surface area contributed by atoms with Crippen LogP contribution in [0.4, 0.5) is 0 Å². The van der Waals surface area contributed by atoms with Gasteiger partial charge in [0.25, 0.3) is 11.8 Å². The minimum absolute atomic E-state index is 0.0210. The molecule has 1 aliphatic carbocycles. The maximum Gasteiger partial charge on any atom is 0.267 e. The molecule has 1 aliphatic rings. The van der Waals surface area contributed by atoms with Gasteiger partial charge in [-0.2, -0.15) is 0 Å². The van der Waals surface area contributed by atoms with E-state index in [-0.39, 0.29) is 11.8 Å². The molecule has 0 aliphatic heterocycles. The summed E-state index contributed by atoms with van der Waals surface area (Å²) in [5.74, 6) is 1.88. The molecule has 0 spiro atoms. The zero-order valence-corrected chi connectivity index (χ0v) is 15.0. The highest BCUT2D eigenvalue weighted by atomic mass is 32.1. The molecule has 1 fully saturated rings. The fourth-order valence-corrected chi connectivity index (χ4v) is 3.90. The summed E-state index contributed by atoms with van der Waals surface area (Å²) in [6, 6.07) is 3.74. The molecular formula is C18H19N5O2S. The lowest BCUT2D eigenvalue weighted by atomic mass is 9.82. The van der Waals surface area contributed by atoms with Gasteiger partial charge in [0.15, 0.2) is 0 Å². The Kier molecular flexibility index (Phi) is 5.01. The van der Waals surface area contributed by atoms with Gasteiger partial charge in [0.2, 0.25) is 5.89 Å². The Labute approximate surface area is 154 Å². The van der Waals surface area contributed by atoms with Crippen molar-refractivity contribution in [1.82, 2.24) is 25.5 Å². The molecule has 1 amide bonds. The van der Waals surface area contributed by atoms with Crippen molar-refractivity contribution < 1.29 is 9.21 Å². The van der Waals surface area contributed by atoms with Gasteiger partial charge in [-0.15, -0.1) is 21.5 Å². The van der Waals surface area contributed by atoms with Crippen LogP contribution in [0.25, 0.3) is 11.6 Å². The van der Waals surface area contributed by atoms with Crippen LogP contribution in [0.2, 0.25) is 0 Å². The van der Waals surface area contributed by atoms with Crippen LogP contribution in [0.3, 0.4) is 0 Å². The predicted molar refractivity (Wildman–Crippen MR) is 96.7 cm³/mol. The first-order valence-corrected chi connectivity index (χ1v) is 9.59. The highest BCUT2D eigenvalue weighted by Crippen LogP contribution is 2.35. The first-order valence-electron chi connectivity index (χ1n) is 8.71. The van der Waals surface area contributed by atoms with Gasteiger partial charge in [-0.05, 0) is 43.0 Å². The van der Waals surface area contributed by atoms with E-state index in [2.05, 4.69) is 25.5 Å². The van der Waals surface area contributed by atoms with E-state index in [1.807, 2.05) is 17.5 Å². The van der Waals surface area contributed by atoms with Gasteiger partial charge in [0.1, 0.15) is 5.69 Å². The molecule has 3 heterocycles. The Hall–Kier alpha value is -2.61. The molecule has 1 saturated carbocycles. The number of rotatable bonds is 5. The van der Waals surface area contributed by atoms with Crippen molar-refractivity contribution in [3.05, 3.63) is 46.9 Å². The van der Waals surface area contributed by atoms with Gasteiger partial charge in [-0.3, -0.25) is 9.78 Å². The zero-order valence-electron chi connectivity index (χ0n) is 14.2. The van der Waals surface area contributed by atoms with Gasteiger partial charge >= 0.3 is 0 Å². The number of thiophene rings is 1. The van der Waals surface area contributed by atoms with Crippen LogP contribution in [0.15, 0.2) is 40.5 Å². The largest absolute Gasteiger partial charge is 0.419 e. The molecule has 3 aromatic heterocycles. The monoisotopic (exact) mass is 369 g/mol. The Morgan fingerprint density at radius 3 is 2.85 bits per heavy atom. The van der Waals surface area contributed by atoms with E-state index in [0.717, 1.165) is 37.1 Å². The third-order valence-corrected chi connectivity index (χ3v) is 5.58. The summed E-state index contributed by atoms with van der Waals surface area (Å²) in [5, 5.41) is 13.2. The Morgan fingerprint density at radius 2 is 2.12 bits per heavy atom. The molecule has 3 aromatic rings. The van der Waals surface area contributed by atoms with Crippen molar-refractivity contribution in [1.29, 1.82) is 0 Å². The third-order valence-electron chi connectivity index (χ3n) is 4.72. The summed E-state index contributed by atoms with van der Waals surface area (Å²) in [6.07, 6.45) is 8.89. The van der Waals surface area contributed by atoms with Crippen LogP contribution in [-0.2, 0) is 0 Å². The Bertz CT molecular complexity index is 842. The average molecular weight is 369 g/mol. The normalized spacial score (nSPS) is 20.0. The lowest BCUT2D eigenvalue weighted by molar-refractivity contribution is 0.0946. The molecule has 0 bridgehead atoms. The Balaban J connectivity index is 1.29. The van der Waals surface area contributed by atoms with Gasteiger partial charge in [-0.1, -0.05) is 6.07 Å². The van der Waals surface area contributed by atoms with Crippen molar-refractivity contribution in [3.8, 4) is 11.6 Å². The fourth-order valence-electron chi connectivity index (χ4n) is 3.26. The highest BCUT2D eigenvalue weighted by molar-refractivity contribution is 7.12. The number of nitrogens with zero attached hydrogens (tertiary/aromatic N) is 4. The standard InChI is InChI=1S/C18H19N5O2S/c24-16(15-2-1-9-26-15)21-10-12-3-5-13(6-4-12)17-22-23-18(25-17)14-11-19-7-8-20-14/h1-2,7-9,11-13H,3-6,10H2,(H,21,24). The van der Waals surface area contributed by atoms with Crippen molar-refractivity contribution in [2.24, 2.45) is 5.92 Å². The summed E-state index contributed by atoms with van der Waals surface area (Å²) in [7, 11) is 0. The summed E-state index contributed by atoms with van der Waals surface area (Å²) in [6.45, 7) is 0.720. The summed E-state index contributed by atoms with van der Waals surface area (Å²) >= 11 is 1.47. The number of carbonyl (C=O) groups is 1. The van der Waals surface area contributed by atoms with Gasteiger partial charge in [0.05, 0.1) is 11.1 Å². The number of nitrogens with one attached hydrogen (secondary N) is 1. The van der Waals surface area contributed by atoms with Crippen LogP contribution in [0.1, 0.15) is 47.2 Å². The van der Waals surface area contributed by atoms with Crippen molar-refractivity contribution in [2.45, 2.75) is 31.6 Å². The minimum Gasteiger partial charge on any atom is -0.419 e. The topological polar surface area (TPSA) is 93.8 Å². The van der Waals surface area contributed by atoms with E-state index in [9.17, 15) is 4.79 Å². The highest BCUT2D eigenvalue weighted by Gasteiger charge is 2.27. The lowest BCUT2D eigenvalue weighted by Gasteiger charge is -2.26. The van der Waals surface area contributed by atoms with E-state index in [4.69, 9.17) is 4.42 Å². The summed E-state index contributed by atoms with van der Waals surface area (Å²) < 4.78 is 5.80. The van der Waals surface area contributed by atoms with Gasteiger partial charge < -0.3 is 9.73 Å². The van der Waals surface area contributed by atoms with Gasteiger partial charge in [0, 0.05) is 24.9 Å². The molecule has 1 N–H and O–H groups in total. The van der Waals surface area contributed by atoms with E-state index < -0.39 is 0 Å². The van der Waals surface area contributed by atoms with E-state index >= 15 is 0 Å². The van der Waals surface area contributed by atoms with Gasteiger partial charge in [-0.25, -0.2) is 4.98 Å². The predicted octanol–water partition coefficient (Wildman–Crippen LogP) is 3.29. The SMILES string of the molecule is O=C(NCC1CCC(c2nnc(-c3cnccn3)o2)CC1)c1cccs1. The first kappa shape index (κ1) is 16.8. The average Bonchev–Trinajstić information content (AvgIpc) is 3.39. The second-order valence-electron chi connectivity index (χ2n) is 6.44. The molecule has 4 rings (SSSR count). The molecule has 8 heteroatoms. The maximum atomic E-state index is 12.0. The maximum absolute atomic E-state index is 12.0. The van der Waals surface area contributed by atoms with E-state index in [0.29, 0.717) is 23.4 Å². The minimum atomic E-state index is 0.0210. The number of aromatic nitrogens is 4. The summed E-state index contributed by atoms with van der Waals surface area (Å²) in [5.41, 5.74) is 0.594. The molecule has 0 atom stereocenters. The summed E-state index contributed by atoms with van der Waals surface area (Å²) in [4.78, 5) is 21.0. The quantitative estimate of drug-likeness (QED) is 0.742. The molecule has 0 radical (unpaired) electrons. The number of hydrogen-bond acceptors (Lipinski definition) is 7. The number of carbonyl (C=O) groups excluding carboxylic acids is 1. The fraction of sp³-hybridized carbons (Fsp3) is 0.389. The van der Waals surface area contributed by atoms with Crippen LogP contribution in [0.5, 0.6) is 0 Å². The van der Waals surface area contributed by atoms with Crippen LogP contribution in [0, 0.1) is 5.92 Å². The van der Waals surface area contributed by atoms with Crippen molar-refractivity contribution in [2.75, 3.05) is 6.54 Å². The molecule has 0 unspecified atom stereocenters. The first-order chi connectivity index (χ1) is 12.8. The van der Waals surface area contributed by atoms with E-state index in [1.165, 1.54) is 11.3 Å². The zero-order chi connectivity index (χ0) is 17.8. The molecule has 134 valence electrons. The van der Waals surface area contributed by atoms with E-state index in [1.54, 1.807) is 18.6 Å². The third kappa shape index (κ3) is 3.80. The number of amides is 1. The van der Waals surface area contributed by atoms with Crippen molar-refractivity contribution in [3.63, 3.8) is 0 Å².